The van der Waals surface area contributed by atoms with Crippen LogP contribution in [0.2, 0.25) is 0 Å². The molecule has 0 aromatic rings. The van der Waals surface area contributed by atoms with Crippen LogP contribution < -0.4 is 0 Å². The third-order valence-corrected chi connectivity index (χ3v) is 3.31. The molecule has 3 nitrogen and oxygen atoms in total. The van der Waals surface area contributed by atoms with Crippen LogP contribution in [0.4, 0.5) is 0 Å². The highest BCUT2D eigenvalue weighted by molar-refractivity contribution is 5.91. The van der Waals surface area contributed by atoms with Gasteiger partial charge in [0.25, 0.3) is 0 Å². The SMILES string of the molecule is CC(C)C(=O)[C@@H](CC1=NCCN1C)C(C)C. The number of carbonyl (C=O) groups is 1. The summed E-state index contributed by atoms with van der Waals surface area (Å²) in [5.41, 5.74) is 0. The monoisotopic (exact) mass is 224 g/mol. The topological polar surface area (TPSA) is 32.7 Å². The first-order chi connectivity index (χ1) is 7.43. The Morgan fingerprint density at radius 1 is 1.38 bits per heavy atom. The first kappa shape index (κ1) is 13.2. The predicted octanol–water partition coefficient (Wildman–Crippen LogP) is 2.22. The Morgan fingerprint density at radius 2 is 2.00 bits per heavy atom. The minimum absolute atomic E-state index is 0.124. The van der Waals surface area contributed by atoms with Gasteiger partial charge in [0.05, 0.1) is 12.4 Å². The van der Waals surface area contributed by atoms with E-state index < -0.39 is 0 Å². The molecule has 0 radical (unpaired) electrons. The summed E-state index contributed by atoms with van der Waals surface area (Å²) in [6.07, 6.45) is 0.811. The molecular weight excluding hydrogens is 200 g/mol. The molecule has 1 atom stereocenters. The Kier molecular flexibility index (Phi) is 4.51. The summed E-state index contributed by atoms with van der Waals surface area (Å²) in [6.45, 7) is 10.1. The molecule has 0 bridgehead atoms. The second-order valence-electron chi connectivity index (χ2n) is 5.33. The molecule has 0 aliphatic carbocycles. The van der Waals surface area contributed by atoms with E-state index in [9.17, 15) is 4.79 Å². The van der Waals surface area contributed by atoms with Crippen molar-refractivity contribution in [2.75, 3.05) is 20.1 Å². The lowest BCUT2D eigenvalue weighted by molar-refractivity contribution is -0.126. The maximum absolute atomic E-state index is 12.1. The summed E-state index contributed by atoms with van der Waals surface area (Å²) in [7, 11) is 2.06. The maximum atomic E-state index is 12.1. The number of Topliss-reactive ketones (excluding diaryl/α,β-unsaturated/α-hetero) is 1. The van der Waals surface area contributed by atoms with Crippen molar-refractivity contribution in [3.05, 3.63) is 0 Å². The van der Waals surface area contributed by atoms with Gasteiger partial charge in [-0.15, -0.1) is 0 Å². The molecule has 0 aromatic carbocycles. The number of amidine groups is 1. The van der Waals surface area contributed by atoms with Gasteiger partial charge in [0.15, 0.2) is 0 Å². The van der Waals surface area contributed by atoms with Crippen LogP contribution in [0.5, 0.6) is 0 Å². The van der Waals surface area contributed by atoms with Crippen molar-refractivity contribution < 1.29 is 4.79 Å². The second-order valence-corrected chi connectivity index (χ2v) is 5.33. The van der Waals surface area contributed by atoms with Gasteiger partial charge in [-0.2, -0.15) is 0 Å². The van der Waals surface area contributed by atoms with E-state index >= 15 is 0 Å². The zero-order chi connectivity index (χ0) is 12.3. The standard InChI is InChI=1S/C13H24N2O/c1-9(2)11(13(16)10(3)4)8-12-14-6-7-15(12)5/h9-11H,6-8H2,1-5H3/t11-/m0/s1. The van der Waals surface area contributed by atoms with Crippen molar-refractivity contribution in [3.63, 3.8) is 0 Å². The van der Waals surface area contributed by atoms with Crippen LogP contribution in [0.3, 0.4) is 0 Å². The Labute approximate surface area is 98.9 Å². The van der Waals surface area contributed by atoms with Crippen LogP contribution in [-0.2, 0) is 4.79 Å². The van der Waals surface area contributed by atoms with Gasteiger partial charge in [-0.05, 0) is 5.92 Å². The Morgan fingerprint density at radius 3 is 2.38 bits per heavy atom. The predicted molar refractivity (Wildman–Crippen MR) is 67.7 cm³/mol. The molecule has 0 saturated heterocycles. The second kappa shape index (κ2) is 5.46. The molecule has 0 saturated carbocycles. The average molecular weight is 224 g/mol. The van der Waals surface area contributed by atoms with E-state index in [4.69, 9.17) is 0 Å². The zero-order valence-electron chi connectivity index (χ0n) is 11.2. The van der Waals surface area contributed by atoms with Crippen molar-refractivity contribution >= 4 is 11.6 Å². The lowest BCUT2D eigenvalue weighted by atomic mass is 9.83. The summed E-state index contributed by atoms with van der Waals surface area (Å²) in [5, 5.41) is 0. The first-order valence-corrected chi connectivity index (χ1v) is 6.21. The lowest BCUT2D eigenvalue weighted by Crippen LogP contribution is -2.31. The molecule has 3 heteroatoms. The van der Waals surface area contributed by atoms with Gasteiger partial charge in [0.1, 0.15) is 5.78 Å². The van der Waals surface area contributed by atoms with Gasteiger partial charge in [-0.25, -0.2) is 0 Å². The Hall–Kier alpha value is -0.860. The summed E-state index contributed by atoms with van der Waals surface area (Å²) in [5.74, 6) is 2.12. The molecule has 0 aromatic heterocycles. The fourth-order valence-electron chi connectivity index (χ4n) is 2.09. The van der Waals surface area contributed by atoms with Crippen LogP contribution >= 0.6 is 0 Å². The summed E-state index contributed by atoms with van der Waals surface area (Å²) < 4.78 is 0. The molecule has 1 aliphatic rings. The third kappa shape index (κ3) is 3.06. The maximum Gasteiger partial charge on any atom is 0.139 e. The lowest BCUT2D eigenvalue weighted by Gasteiger charge is -2.24. The van der Waals surface area contributed by atoms with Crippen LogP contribution in [-0.4, -0.2) is 36.7 Å². The quantitative estimate of drug-likeness (QED) is 0.717. The fraction of sp³-hybridized carbons (Fsp3) is 0.846. The highest BCUT2D eigenvalue weighted by Gasteiger charge is 2.27. The average Bonchev–Trinajstić information content (AvgIpc) is 2.59. The third-order valence-electron chi connectivity index (χ3n) is 3.31. The van der Waals surface area contributed by atoms with Crippen molar-refractivity contribution in [1.82, 2.24) is 4.90 Å². The van der Waals surface area contributed by atoms with Gasteiger partial charge >= 0.3 is 0 Å². The van der Waals surface area contributed by atoms with Crippen LogP contribution in [0.15, 0.2) is 4.99 Å². The van der Waals surface area contributed by atoms with Gasteiger partial charge in [-0.1, -0.05) is 27.7 Å². The Bertz CT molecular complexity index is 282. The molecule has 0 N–H and O–H groups in total. The number of rotatable bonds is 5. The van der Waals surface area contributed by atoms with E-state index in [0.29, 0.717) is 11.7 Å². The van der Waals surface area contributed by atoms with E-state index in [1.807, 2.05) is 13.8 Å². The molecule has 92 valence electrons. The molecule has 0 fully saturated rings. The van der Waals surface area contributed by atoms with E-state index in [0.717, 1.165) is 25.3 Å². The van der Waals surface area contributed by atoms with Gasteiger partial charge < -0.3 is 4.90 Å². The number of carbonyl (C=O) groups excluding carboxylic acids is 1. The highest BCUT2D eigenvalue weighted by Crippen LogP contribution is 2.22. The summed E-state index contributed by atoms with van der Waals surface area (Å²) in [4.78, 5) is 18.7. The van der Waals surface area contributed by atoms with Crippen molar-refractivity contribution in [2.45, 2.75) is 34.1 Å². The number of ketones is 1. The van der Waals surface area contributed by atoms with E-state index in [1.54, 1.807) is 0 Å². The molecule has 0 spiro atoms. The van der Waals surface area contributed by atoms with Crippen molar-refractivity contribution in [3.8, 4) is 0 Å². The van der Waals surface area contributed by atoms with Gasteiger partial charge in [0, 0.05) is 31.8 Å². The molecular formula is C13H24N2O. The molecule has 0 unspecified atom stereocenters. The zero-order valence-corrected chi connectivity index (χ0v) is 11.2. The number of aliphatic imine (C=N–C) groups is 1. The molecule has 1 heterocycles. The number of hydrogen-bond acceptors (Lipinski definition) is 3. The molecule has 16 heavy (non-hydrogen) atoms. The van der Waals surface area contributed by atoms with Crippen LogP contribution in [0, 0.1) is 17.8 Å². The summed E-state index contributed by atoms with van der Waals surface area (Å²) >= 11 is 0. The minimum Gasteiger partial charge on any atom is -0.362 e. The van der Waals surface area contributed by atoms with Crippen molar-refractivity contribution in [1.29, 1.82) is 0 Å². The van der Waals surface area contributed by atoms with Gasteiger partial charge in [-0.3, -0.25) is 9.79 Å². The Balaban J connectivity index is 2.69. The summed E-state index contributed by atoms with van der Waals surface area (Å²) in [6, 6.07) is 0. The number of hydrogen-bond donors (Lipinski definition) is 0. The van der Waals surface area contributed by atoms with E-state index in [-0.39, 0.29) is 11.8 Å². The van der Waals surface area contributed by atoms with E-state index in [2.05, 4.69) is 30.8 Å². The van der Waals surface area contributed by atoms with E-state index in [1.165, 1.54) is 0 Å². The smallest absolute Gasteiger partial charge is 0.139 e. The molecule has 0 amide bonds. The normalized spacial score (nSPS) is 18.2. The van der Waals surface area contributed by atoms with Crippen LogP contribution in [0.25, 0.3) is 0 Å². The number of nitrogens with zero attached hydrogens (tertiary/aromatic N) is 2. The number of likely N-dealkylation sites (N-methyl/N-ethyl adjacent to an activating group) is 1. The molecule has 1 rings (SSSR count). The van der Waals surface area contributed by atoms with Crippen molar-refractivity contribution in [2.24, 2.45) is 22.7 Å². The van der Waals surface area contributed by atoms with Crippen LogP contribution in [0.1, 0.15) is 34.1 Å². The fourth-order valence-corrected chi connectivity index (χ4v) is 2.09. The largest absolute Gasteiger partial charge is 0.362 e. The molecule has 1 aliphatic heterocycles. The van der Waals surface area contributed by atoms with Gasteiger partial charge in [0.2, 0.25) is 0 Å². The highest BCUT2D eigenvalue weighted by atomic mass is 16.1. The minimum atomic E-state index is 0.124. The first-order valence-electron chi connectivity index (χ1n) is 6.21.